The van der Waals surface area contributed by atoms with Crippen LogP contribution in [0.3, 0.4) is 0 Å². The molecule has 1 aromatic carbocycles. The molecule has 0 amide bonds. The molecule has 0 saturated carbocycles. The number of hydrogen-bond donors (Lipinski definition) is 1. The molecule has 1 N–H and O–H groups in total. The third kappa shape index (κ3) is 2.05. The minimum atomic E-state index is 0.910. The largest absolute Gasteiger partial charge is 0.370 e. The number of nitrogens with zero attached hydrogens (tertiary/aromatic N) is 1. The van der Waals surface area contributed by atoms with E-state index in [1.54, 1.807) is 0 Å². The van der Waals surface area contributed by atoms with Crippen molar-refractivity contribution in [3.8, 4) is 0 Å². The van der Waals surface area contributed by atoms with Crippen LogP contribution in [-0.2, 0) is 0 Å². The number of thiophene rings is 1. The molecular weight excluding hydrogens is 252 g/mol. The molecule has 0 spiro atoms. The van der Waals surface area contributed by atoms with E-state index in [1.165, 1.54) is 54.8 Å². The molecule has 0 bridgehead atoms. The Morgan fingerprint density at radius 3 is 2.63 bits per heavy atom. The number of fused-ring (bicyclic) bond motifs is 2. The Morgan fingerprint density at radius 1 is 1.05 bits per heavy atom. The average molecular weight is 272 g/mol. The molecule has 2 fully saturated rings. The predicted molar refractivity (Wildman–Crippen MR) is 83.1 cm³/mol. The Balaban J connectivity index is 1.63. The second kappa shape index (κ2) is 4.80. The normalized spacial score (nSPS) is 27.5. The molecule has 100 valence electrons. The van der Waals surface area contributed by atoms with Crippen LogP contribution in [0.2, 0.25) is 0 Å². The Hall–Kier alpha value is -1.06. The summed E-state index contributed by atoms with van der Waals surface area (Å²) in [6.07, 6.45) is 2.69. The molecule has 2 aromatic rings. The fourth-order valence-corrected chi connectivity index (χ4v) is 4.63. The molecule has 2 saturated heterocycles. The minimum absolute atomic E-state index is 0.910. The highest BCUT2D eigenvalue weighted by Gasteiger charge is 2.30. The first kappa shape index (κ1) is 11.7. The molecular formula is C16H20N2S. The van der Waals surface area contributed by atoms with Crippen molar-refractivity contribution in [1.82, 2.24) is 5.32 Å². The predicted octanol–water partition coefficient (Wildman–Crippen LogP) is 3.34. The lowest BCUT2D eigenvalue weighted by atomic mass is 9.92. The van der Waals surface area contributed by atoms with Crippen LogP contribution in [0.25, 0.3) is 10.1 Å². The van der Waals surface area contributed by atoms with E-state index >= 15 is 0 Å². The number of hydrogen-bond acceptors (Lipinski definition) is 3. The van der Waals surface area contributed by atoms with E-state index in [1.807, 2.05) is 11.3 Å². The fourth-order valence-electron chi connectivity index (χ4n) is 3.69. The van der Waals surface area contributed by atoms with Crippen molar-refractivity contribution in [3.63, 3.8) is 0 Å². The molecule has 3 heteroatoms. The maximum absolute atomic E-state index is 3.56. The summed E-state index contributed by atoms with van der Waals surface area (Å²) in [5.74, 6) is 1.82. The summed E-state index contributed by atoms with van der Waals surface area (Å²) in [5, 5.41) is 7.17. The Bertz CT molecular complexity index is 563. The molecule has 1 aromatic heterocycles. The maximum Gasteiger partial charge on any atom is 0.0576 e. The van der Waals surface area contributed by atoms with E-state index in [2.05, 4.69) is 39.9 Å². The van der Waals surface area contributed by atoms with E-state index in [0.29, 0.717) is 0 Å². The van der Waals surface area contributed by atoms with E-state index in [-0.39, 0.29) is 0 Å². The van der Waals surface area contributed by atoms with Crippen molar-refractivity contribution >= 4 is 27.1 Å². The van der Waals surface area contributed by atoms with Crippen molar-refractivity contribution < 1.29 is 0 Å². The highest BCUT2D eigenvalue weighted by Crippen LogP contribution is 2.35. The summed E-state index contributed by atoms with van der Waals surface area (Å²) < 4.78 is 1.47. The number of anilines is 1. The van der Waals surface area contributed by atoms with Gasteiger partial charge in [0.25, 0.3) is 0 Å². The van der Waals surface area contributed by atoms with Crippen LogP contribution in [0.4, 0.5) is 5.69 Å². The first-order chi connectivity index (χ1) is 9.42. The second-order valence-corrected chi connectivity index (χ2v) is 6.78. The SMILES string of the molecule is c1cc(N2CCC3CNCC3CC2)c2sccc2c1. The molecule has 19 heavy (non-hydrogen) atoms. The monoisotopic (exact) mass is 272 g/mol. The molecule has 2 atom stereocenters. The van der Waals surface area contributed by atoms with Gasteiger partial charge in [0.05, 0.1) is 10.4 Å². The molecule has 0 aliphatic carbocycles. The van der Waals surface area contributed by atoms with Gasteiger partial charge >= 0.3 is 0 Å². The highest BCUT2D eigenvalue weighted by atomic mass is 32.1. The Labute approximate surface area is 118 Å². The van der Waals surface area contributed by atoms with Crippen molar-refractivity contribution in [3.05, 3.63) is 29.6 Å². The van der Waals surface area contributed by atoms with Gasteiger partial charge in [-0.05, 0) is 60.7 Å². The Morgan fingerprint density at radius 2 is 1.84 bits per heavy atom. The molecule has 0 radical (unpaired) electrons. The molecule has 4 rings (SSSR count). The van der Waals surface area contributed by atoms with E-state index in [9.17, 15) is 0 Å². The van der Waals surface area contributed by atoms with E-state index < -0.39 is 0 Å². The van der Waals surface area contributed by atoms with Crippen molar-refractivity contribution in [2.75, 3.05) is 31.1 Å². The van der Waals surface area contributed by atoms with E-state index in [0.717, 1.165) is 11.8 Å². The standard InChI is InChI=1S/C16H20N2S/c1-2-12-6-9-19-16(12)15(3-1)18-7-4-13-10-17-11-14(13)5-8-18/h1-3,6,9,13-14,17H,4-5,7-8,10-11H2. The summed E-state index contributed by atoms with van der Waals surface area (Å²) in [4.78, 5) is 2.62. The van der Waals surface area contributed by atoms with Gasteiger partial charge < -0.3 is 10.2 Å². The Kier molecular flexibility index (Phi) is 2.97. The quantitative estimate of drug-likeness (QED) is 0.856. The lowest BCUT2D eigenvalue weighted by molar-refractivity contribution is 0.409. The molecule has 2 aliphatic rings. The maximum atomic E-state index is 3.56. The fraction of sp³-hybridized carbons (Fsp3) is 0.500. The minimum Gasteiger partial charge on any atom is -0.370 e. The van der Waals surface area contributed by atoms with Crippen LogP contribution in [0.15, 0.2) is 29.6 Å². The van der Waals surface area contributed by atoms with Gasteiger partial charge in [0.1, 0.15) is 0 Å². The van der Waals surface area contributed by atoms with Crippen LogP contribution < -0.4 is 10.2 Å². The summed E-state index contributed by atoms with van der Waals surface area (Å²) in [6.45, 7) is 4.92. The van der Waals surface area contributed by atoms with Gasteiger partial charge in [0, 0.05) is 13.1 Å². The van der Waals surface area contributed by atoms with Crippen LogP contribution in [-0.4, -0.2) is 26.2 Å². The number of nitrogens with one attached hydrogen (secondary N) is 1. The van der Waals surface area contributed by atoms with Gasteiger partial charge in [-0.2, -0.15) is 0 Å². The van der Waals surface area contributed by atoms with Gasteiger partial charge in [0.2, 0.25) is 0 Å². The topological polar surface area (TPSA) is 15.3 Å². The van der Waals surface area contributed by atoms with Gasteiger partial charge in [-0.1, -0.05) is 12.1 Å². The van der Waals surface area contributed by atoms with Crippen molar-refractivity contribution in [2.45, 2.75) is 12.8 Å². The zero-order chi connectivity index (χ0) is 12.7. The van der Waals surface area contributed by atoms with Crippen LogP contribution in [0, 0.1) is 11.8 Å². The van der Waals surface area contributed by atoms with Gasteiger partial charge in [-0.15, -0.1) is 11.3 Å². The van der Waals surface area contributed by atoms with Crippen LogP contribution in [0.5, 0.6) is 0 Å². The highest BCUT2D eigenvalue weighted by molar-refractivity contribution is 7.17. The first-order valence-corrected chi connectivity index (χ1v) is 8.22. The van der Waals surface area contributed by atoms with Gasteiger partial charge in [-0.25, -0.2) is 0 Å². The smallest absolute Gasteiger partial charge is 0.0576 e. The third-order valence-electron chi connectivity index (χ3n) is 4.82. The zero-order valence-electron chi connectivity index (χ0n) is 11.1. The summed E-state index contributed by atoms with van der Waals surface area (Å²) in [7, 11) is 0. The first-order valence-electron chi connectivity index (χ1n) is 7.34. The van der Waals surface area contributed by atoms with E-state index in [4.69, 9.17) is 0 Å². The van der Waals surface area contributed by atoms with Crippen LogP contribution >= 0.6 is 11.3 Å². The molecule has 2 nitrogen and oxygen atoms in total. The van der Waals surface area contributed by atoms with Crippen LogP contribution in [0.1, 0.15) is 12.8 Å². The lowest BCUT2D eigenvalue weighted by Gasteiger charge is -2.24. The molecule has 3 heterocycles. The second-order valence-electron chi connectivity index (χ2n) is 5.86. The molecule has 2 aliphatic heterocycles. The third-order valence-corrected chi connectivity index (χ3v) is 5.77. The van der Waals surface area contributed by atoms with Gasteiger partial charge in [-0.3, -0.25) is 0 Å². The summed E-state index contributed by atoms with van der Waals surface area (Å²) in [5.41, 5.74) is 1.46. The summed E-state index contributed by atoms with van der Waals surface area (Å²) >= 11 is 1.88. The van der Waals surface area contributed by atoms with Crippen molar-refractivity contribution in [1.29, 1.82) is 0 Å². The van der Waals surface area contributed by atoms with Crippen molar-refractivity contribution in [2.24, 2.45) is 11.8 Å². The summed E-state index contributed by atoms with van der Waals surface area (Å²) in [6, 6.07) is 8.97. The number of benzene rings is 1. The van der Waals surface area contributed by atoms with Gasteiger partial charge in [0.15, 0.2) is 0 Å². The molecule has 2 unspecified atom stereocenters. The number of rotatable bonds is 1. The zero-order valence-corrected chi connectivity index (χ0v) is 12.0. The lowest BCUT2D eigenvalue weighted by Crippen LogP contribution is -2.25. The average Bonchev–Trinajstić information content (AvgIpc) is 3.04.